The van der Waals surface area contributed by atoms with Gasteiger partial charge in [-0.1, -0.05) is 26.2 Å². The minimum atomic E-state index is -1.07. The Morgan fingerprint density at radius 2 is 1.86 bits per heavy atom. The highest BCUT2D eigenvalue weighted by Gasteiger charge is 1.99. The first-order valence-corrected chi connectivity index (χ1v) is 5.29. The van der Waals surface area contributed by atoms with Crippen LogP contribution in [0.25, 0.3) is 0 Å². The van der Waals surface area contributed by atoms with Gasteiger partial charge in [-0.05, 0) is 6.42 Å². The highest BCUT2D eigenvalue weighted by Crippen LogP contribution is 1.98. The van der Waals surface area contributed by atoms with Crippen molar-refractivity contribution in [1.29, 1.82) is 0 Å². The average Bonchev–Trinajstić information content (AvgIpc) is 2.21. The van der Waals surface area contributed by atoms with Crippen molar-refractivity contribution in [2.75, 3.05) is 26.4 Å². The first-order chi connectivity index (χ1) is 6.81. The maximum absolute atomic E-state index is 8.80. The van der Waals surface area contributed by atoms with Crippen LogP contribution in [0.15, 0.2) is 0 Å². The summed E-state index contributed by atoms with van der Waals surface area (Å²) in [5.74, 6) is 0. The molecule has 0 aliphatic rings. The molecule has 4 heteroatoms. The Morgan fingerprint density at radius 3 is 2.50 bits per heavy atom. The van der Waals surface area contributed by atoms with Crippen LogP contribution in [0, 0.1) is 0 Å². The second kappa shape index (κ2) is 10.9. The Bertz CT molecular complexity index is 108. The van der Waals surface area contributed by atoms with E-state index >= 15 is 0 Å². The number of hydrogen-bond donors (Lipinski definition) is 2. The molecule has 0 aromatic heterocycles. The number of aliphatic hydroxyl groups is 2. The summed E-state index contributed by atoms with van der Waals surface area (Å²) in [5, 5.41) is 17.2. The molecule has 0 amide bonds. The molecule has 0 fully saturated rings. The van der Waals surface area contributed by atoms with Gasteiger partial charge in [0.05, 0.1) is 19.8 Å². The standard InChI is InChI=1S/C10H22O4/c1-2-3-4-5-6-13-7-8-14-10(12)9-11/h10-12H,2-9H2,1H3. The number of rotatable bonds is 10. The maximum Gasteiger partial charge on any atom is 0.177 e. The van der Waals surface area contributed by atoms with Crippen LogP contribution in [0.5, 0.6) is 0 Å². The molecule has 0 rings (SSSR count). The van der Waals surface area contributed by atoms with Crippen LogP contribution in [0.2, 0.25) is 0 Å². The SMILES string of the molecule is CCCCCCOCCOC(O)CO. The summed E-state index contributed by atoms with van der Waals surface area (Å²) in [5.41, 5.74) is 0. The molecule has 0 aromatic carbocycles. The van der Waals surface area contributed by atoms with Crippen molar-refractivity contribution in [1.82, 2.24) is 0 Å². The van der Waals surface area contributed by atoms with Crippen LogP contribution in [0.1, 0.15) is 32.6 Å². The van der Waals surface area contributed by atoms with E-state index in [1.165, 1.54) is 19.3 Å². The van der Waals surface area contributed by atoms with Gasteiger partial charge in [0.1, 0.15) is 0 Å². The van der Waals surface area contributed by atoms with E-state index in [2.05, 4.69) is 6.92 Å². The van der Waals surface area contributed by atoms with Crippen LogP contribution in [0.4, 0.5) is 0 Å². The van der Waals surface area contributed by atoms with Gasteiger partial charge in [-0.3, -0.25) is 0 Å². The molecule has 86 valence electrons. The van der Waals surface area contributed by atoms with Crippen molar-refractivity contribution in [3.63, 3.8) is 0 Å². The van der Waals surface area contributed by atoms with Gasteiger partial charge in [0, 0.05) is 6.61 Å². The summed E-state index contributed by atoms with van der Waals surface area (Å²) in [6, 6.07) is 0. The van der Waals surface area contributed by atoms with Gasteiger partial charge < -0.3 is 19.7 Å². The Kier molecular flexibility index (Phi) is 10.8. The molecule has 14 heavy (non-hydrogen) atoms. The van der Waals surface area contributed by atoms with E-state index < -0.39 is 6.29 Å². The molecule has 0 bridgehead atoms. The second-order valence-corrected chi connectivity index (χ2v) is 3.18. The van der Waals surface area contributed by atoms with E-state index in [9.17, 15) is 0 Å². The minimum absolute atomic E-state index is 0.329. The van der Waals surface area contributed by atoms with Crippen molar-refractivity contribution in [2.24, 2.45) is 0 Å². The summed E-state index contributed by atoms with van der Waals surface area (Å²) in [7, 11) is 0. The minimum Gasteiger partial charge on any atom is -0.391 e. The summed E-state index contributed by atoms with van der Waals surface area (Å²) >= 11 is 0. The third kappa shape index (κ3) is 9.92. The zero-order valence-corrected chi connectivity index (χ0v) is 8.95. The Morgan fingerprint density at radius 1 is 1.07 bits per heavy atom. The van der Waals surface area contributed by atoms with Crippen LogP contribution in [-0.2, 0) is 9.47 Å². The summed E-state index contributed by atoms with van der Waals surface area (Å²) < 4.78 is 10.1. The lowest BCUT2D eigenvalue weighted by molar-refractivity contribution is -0.134. The Balaban J connectivity index is 2.92. The molecule has 0 saturated carbocycles. The number of unbranched alkanes of at least 4 members (excludes halogenated alkanes) is 3. The lowest BCUT2D eigenvalue weighted by Crippen LogP contribution is -2.19. The van der Waals surface area contributed by atoms with Crippen LogP contribution < -0.4 is 0 Å². The van der Waals surface area contributed by atoms with E-state index in [-0.39, 0.29) is 6.61 Å². The molecule has 0 saturated heterocycles. The van der Waals surface area contributed by atoms with E-state index in [1.54, 1.807) is 0 Å². The monoisotopic (exact) mass is 206 g/mol. The lowest BCUT2D eigenvalue weighted by Gasteiger charge is -2.08. The third-order valence-corrected chi connectivity index (χ3v) is 1.84. The van der Waals surface area contributed by atoms with E-state index in [0.29, 0.717) is 13.2 Å². The van der Waals surface area contributed by atoms with Crippen LogP contribution in [0.3, 0.4) is 0 Å². The number of aliphatic hydroxyl groups excluding tert-OH is 2. The third-order valence-electron chi connectivity index (χ3n) is 1.84. The zero-order chi connectivity index (χ0) is 10.6. The molecule has 2 N–H and O–H groups in total. The summed E-state index contributed by atoms with van der Waals surface area (Å²) in [4.78, 5) is 0. The first-order valence-electron chi connectivity index (χ1n) is 5.29. The first kappa shape index (κ1) is 13.8. The quantitative estimate of drug-likeness (QED) is 0.412. The van der Waals surface area contributed by atoms with E-state index in [4.69, 9.17) is 19.7 Å². The smallest absolute Gasteiger partial charge is 0.177 e. The molecular weight excluding hydrogens is 184 g/mol. The molecule has 0 heterocycles. The van der Waals surface area contributed by atoms with E-state index in [0.717, 1.165) is 13.0 Å². The van der Waals surface area contributed by atoms with Crippen molar-refractivity contribution < 1.29 is 19.7 Å². The van der Waals surface area contributed by atoms with Gasteiger partial charge in [0.2, 0.25) is 0 Å². The molecule has 0 aliphatic heterocycles. The van der Waals surface area contributed by atoms with Crippen molar-refractivity contribution >= 4 is 0 Å². The normalized spacial score (nSPS) is 13.1. The molecule has 0 spiro atoms. The van der Waals surface area contributed by atoms with Crippen molar-refractivity contribution in [2.45, 2.75) is 38.9 Å². The molecule has 1 atom stereocenters. The molecule has 0 aliphatic carbocycles. The van der Waals surface area contributed by atoms with Gasteiger partial charge in [0.25, 0.3) is 0 Å². The van der Waals surface area contributed by atoms with Crippen molar-refractivity contribution in [3.8, 4) is 0 Å². The molecular formula is C10H22O4. The fraction of sp³-hybridized carbons (Fsp3) is 1.00. The largest absolute Gasteiger partial charge is 0.391 e. The number of ether oxygens (including phenoxy) is 2. The van der Waals surface area contributed by atoms with Gasteiger partial charge >= 0.3 is 0 Å². The molecule has 1 unspecified atom stereocenters. The predicted octanol–water partition coefficient (Wildman–Crippen LogP) is 0.911. The Labute approximate surface area is 85.8 Å². The fourth-order valence-corrected chi connectivity index (χ4v) is 1.03. The number of hydrogen-bond acceptors (Lipinski definition) is 4. The maximum atomic E-state index is 8.80. The van der Waals surface area contributed by atoms with Gasteiger partial charge in [-0.25, -0.2) is 0 Å². The van der Waals surface area contributed by atoms with Gasteiger partial charge in [-0.2, -0.15) is 0 Å². The summed E-state index contributed by atoms with van der Waals surface area (Å²) in [6.07, 6.45) is 3.70. The van der Waals surface area contributed by atoms with Crippen LogP contribution in [-0.4, -0.2) is 42.9 Å². The molecule has 0 radical (unpaired) electrons. The summed E-state index contributed by atoms with van der Waals surface area (Å²) in [6.45, 7) is 3.36. The van der Waals surface area contributed by atoms with E-state index in [1.807, 2.05) is 0 Å². The zero-order valence-electron chi connectivity index (χ0n) is 8.95. The van der Waals surface area contributed by atoms with Gasteiger partial charge in [0.15, 0.2) is 6.29 Å². The van der Waals surface area contributed by atoms with Gasteiger partial charge in [-0.15, -0.1) is 0 Å². The predicted molar refractivity (Wildman–Crippen MR) is 54.0 cm³/mol. The topological polar surface area (TPSA) is 58.9 Å². The van der Waals surface area contributed by atoms with Crippen molar-refractivity contribution in [3.05, 3.63) is 0 Å². The van der Waals surface area contributed by atoms with Crippen LogP contribution >= 0.6 is 0 Å². The Hall–Kier alpha value is -0.160. The molecule has 4 nitrogen and oxygen atoms in total. The fourth-order valence-electron chi connectivity index (χ4n) is 1.03. The molecule has 0 aromatic rings. The lowest BCUT2D eigenvalue weighted by atomic mass is 10.2. The second-order valence-electron chi connectivity index (χ2n) is 3.18. The highest BCUT2D eigenvalue weighted by molar-refractivity contribution is 4.40. The highest BCUT2D eigenvalue weighted by atomic mass is 16.6. The average molecular weight is 206 g/mol.